The Bertz CT molecular complexity index is 280. The van der Waals surface area contributed by atoms with Gasteiger partial charge in [-0.15, -0.1) is 18.2 Å². The normalized spacial score (nSPS) is 17.9. The molecular weight excluding hydrogens is 244 g/mol. The van der Waals surface area contributed by atoms with E-state index in [9.17, 15) is 4.79 Å². The summed E-state index contributed by atoms with van der Waals surface area (Å²) >= 11 is 1.72. The fraction of sp³-hybridized carbons (Fsp3) is 0.786. The van der Waals surface area contributed by atoms with Gasteiger partial charge in [-0.25, -0.2) is 0 Å². The number of carbonyl (C=O) groups excluding carboxylic acids is 1. The molecule has 0 saturated carbocycles. The molecule has 4 heteroatoms. The van der Waals surface area contributed by atoms with Gasteiger partial charge >= 0.3 is 0 Å². The van der Waals surface area contributed by atoms with Crippen LogP contribution in [0, 0.1) is 12.3 Å². The molecule has 1 unspecified atom stereocenters. The highest BCUT2D eigenvalue weighted by Gasteiger charge is 2.20. The van der Waals surface area contributed by atoms with Crippen LogP contribution in [0.1, 0.15) is 32.6 Å². The van der Waals surface area contributed by atoms with Crippen LogP contribution in [0.15, 0.2) is 0 Å². The molecule has 18 heavy (non-hydrogen) atoms. The van der Waals surface area contributed by atoms with E-state index in [-0.39, 0.29) is 11.9 Å². The molecule has 0 aromatic rings. The zero-order chi connectivity index (χ0) is 13.2. The van der Waals surface area contributed by atoms with E-state index in [1.54, 1.807) is 11.8 Å². The average Bonchev–Trinajstić information content (AvgIpc) is 2.66. The lowest BCUT2D eigenvalue weighted by atomic mass is 10.2. The summed E-state index contributed by atoms with van der Waals surface area (Å²) in [5, 5.41) is 3.28. The second-order valence-electron chi connectivity index (χ2n) is 4.67. The molecule has 1 aliphatic rings. The molecule has 1 amide bonds. The van der Waals surface area contributed by atoms with Gasteiger partial charge in [-0.3, -0.25) is 4.79 Å². The summed E-state index contributed by atoms with van der Waals surface area (Å²) < 4.78 is 0. The van der Waals surface area contributed by atoms with Crippen LogP contribution in [-0.2, 0) is 4.79 Å². The Hall–Kier alpha value is -0.660. The van der Waals surface area contributed by atoms with Gasteiger partial charge in [0.1, 0.15) is 0 Å². The second-order valence-corrected chi connectivity index (χ2v) is 5.78. The molecular formula is C14H24N2OS. The van der Waals surface area contributed by atoms with Gasteiger partial charge in [0.15, 0.2) is 0 Å². The van der Waals surface area contributed by atoms with Crippen molar-refractivity contribution in [1.29, 1.82) is 0 Å². The highest BCUT2D eigenvalue weighted by Crippen LogP contribution is 2.10. The number of nitrogens with zero attached hydrogens (tertiary/aromatic N) is 1. The van der Waals surface area contributed by atoms with Crippen LogP contribution in [0.5, 0.6) is 0 Å². The van der Waals surface area contributed by atoms with Crippen LogP contribution in [0.3, 0.4) is 0 Å². The summed E-state index contributed by atoms with van der Waals surface area (Å²) in [6.07, 6.45) is 9.99. The van der Waals surface area contributed by atoms with E-state index in [0.29, 0.717) is 0 Å². The smallest absolute Gasteiger partial charge is 0.239 e. The molecule has 1 saturated heterocycles. The number of carbonyl (C=O) groups is 1. The monoisotopic (exact) mass is 268 g/mol. The lowest BCUT2D eigenvalue weighted by molar-refractivity contribution is -0.132. The standard InChI is InChI=1S/C14H24N2OS/c1-3-11-18-12-8-15-13(2)14(17)16-9-6-4-5-7-10-16/h1,13,15H,4-12H2,2H3. The van der Waals surface area contributed by atoms with Crippen LogP contribution in [-0.4, -0.2) is 48.0 Å². The third-order valence-electron chi connectivity index (χ3n) is 3.17. The van der Waals surface area contributed by atoms with Gasteiger partial charge in [-0.2, -0.15) is 0 Å². The minimum Gasteiger partial charge on any atom is -0.341 e. The van der Waals surface area contributed by atoms with E-state index in [1.165, 1.54) is 12.8 Å². The Morgan fingerprint density at radius 3 is 2.67 bits per heavy atom. The maximum absolute atomic E-state index is 12.2. The molecule has 0 aromatic heterocycles. The van der Waals surface area contributed by atoms with E-state index in [2.05, 4.69) is 11.2 Å². The number of terminal acetylenes is 1. The van der Waals surface area contributed by atoms with Gasteiger partial charge in [0, 0.05) is 25.4 Å². The zero-order valence-electron chi connectivity index (χ0n) is 11.3. The fourth-order valence-electron chi connectivity index (χ4n) is 2.13. The summed E-state index contributed by atoms with van der Waals surface area (Å²) in [7, 11) is 0. The van der Waals surface area contributed by atoms with Crippen molar-refractivity contribution >= 4 is 17.7 Å². The predicted octanol–water partition coefficient (Wildman–Crippen LogP) is 1.73. The molecule has 1 atom stereocenters. The summed E-state index contributed by atoms with van der Waals surface area (Å²) in [5.74, 6) is 4.55. The highest BCUT2D eigenvalue weighted by atomic mass is 32.2. The van der Waals surface area contributed by atoms with Crippen molar-refractivity contribution in [2.45, 2.75) is 38.6 Å². The first-order chi connectivity index (χ1) is 8.75. The minimum atomic E-state index is -0.0745. The van der Waals surface area contributed by atoms with E-state index in [4.69, 9.17) is 6.42 Å². The van der Waals surface area contributed by atoms with Crippen LogP contribution in [0.2, 0.25) is 0 Å². The highest BCUT2D eigenvalue weighted by molar-refractivity contribution is 7.99. The number of nitrogens with one attached hydrogen (secondary N) is 1. The number of hydrogen-bond donors (Lipinski definition) is 1. The van der Waals surface area contributed by atoms with Crippen molar-refractivity contribution in [3.63, 3.8) is 0 Å². The Morgan fingerprint density at radius 2 is 2.06 bits per heavy atom. The molecule has 0 aromatic carbocycles. The lowest BCUT2D eigenvalue weighted by Gasteiger charge is -2.24. The largest absolute Gasteiger partial charge is 0.341 e. The van der Waals surface area contributed by atoms with Crippen molar-refractivity contribution in [3.05, 3.63) is 0 Å². The van der Waals surface area contributed by atoms with Gasteiger partial charge in [-0.05, 0) is 19.8 Å². The number of hydrogen-bond acceptors (Lipinski definition) is 3. The number of thioether (sulfide) groups is 1. The Balaban J connectivity index is 2.21. The predicted molar refractivity (Wildman–Crippen MR) is 78.7 cm³/mol. The van der Waals surface area contributed by atoms with Crippen molar-refractivity contribution in [2.75, 3.05) is 31.1 Å². The van der Waals surface area contributed by atoms with Gasteiger partial charge in [0.25, 0.3) is 0 Å². The second kappa shape index (κ2) is 9.29. The quantitative estimate of drug-likeness (QED) is 0.588. The summed E-state index contributed by atoms with van der Waals surface area (Å²) in [4.78, 5) is 14.2. The zero-order valence-corrected chi connectivity index (χ0v) is 12.1. The van der Waals surface area contributed by atoms with E-state index < -0.39 is 0 Å². The molecule has 0 aliphatic carbocycles. The number of amides is 1. The van der Waals surface area contributed by atoms with Crippen LogP contribution in [0.4, 0.5) is 0 Å². The summed E-state index contributed by atoms with van der Waals surface area (Å²) in [6, 6.07) is -0.0745. The van der Waals surface area contributed by atoms with Gasteiger partial charge < -0.3 is 10.2 Å². The maximum atomic E-state index is 12.2. The molecule has 0 bridgehead atoms. The van der Waals surface area contributed by atoms with E-state index in [1.807, 2.05) is 11.8 Å². The number of rotatable bonds is 6. The van der Waals surface area contributed by atoms with Gasteiger partial charge in [0.2, 0.25) is 5.91 Å². The fourth-order valence-corrected chi connectivity index (χ4v) is 2.66. The maximum Gasteiger partial charge on any atom is 0.239 e. The SMILES string of the molecule is C#CCSCCNC(C)C(=O)N1CCCCCC1. The first-order valence-electron chi connectivity index (χ1n) is 6.79. The van der Waals surface area contributed by atoms with Crippen molar-refractivity contribution in [2.24, 2.45) is 0 Å². The Morgan fingerprint density at radius 1 is 1.39 bits per heavy atom. The molecule has 0 radical (unpaired) electrons. The molecule has 1 aliphatic heterocycles. The first-order valence-corrected chi connectivity index (χ1v) is 7.94. The molecule has 1 N–H and O–H groups in total. The lowest BCUT2D eigenvalue weighted by Crippen LogP contribution is -2.45. The molecule has 1 fully saturated rings. The topological polar surface area (TPSA) is 32.3 Å². The average molecular weight is 268 g/mol. The third kappa shape index (κ3) is 5.79. The van der Waals surface area contributed by atoms with Crippen molar-refractivity contribution < 1.29 is 4.79 Å². The molecule has 1 heterocycles. The summed E-state index contributed by atoms with van der Waals surface area (Å²) in [5.41, 5.74) is 0. The third-order valence-corrected chi connectivity index (χ3v) is 4.03. The van der Waals surface area contributed by atoms with Crippen LogP contribution < -0.4 is 5.32 Å². The molecule has 3 nitrogen and oxygen atoms in total. The Kier molecular flexibility index (Phi) is 7.95. The first kappa shape index (κ1) is 15.4. The minimum absolute atomic E-state index is 0.0745. The van der Waals surface area contributed by atoms with E-state index in [0.717, 1.165) is 44.0 Å². The van der Waals surface area contributed by atoms with Crippen molar-refractivity contribution in [3.8, 4) is 12.3 Å². The number of likely N-dealkylation sites (tertiary alicyclic amines) is 1. The van der Waals surface area contributed by atoms with Gasteiger partial charge in [0.05, 0.1) is 11.8 Å². The molecule has 102 valence electrons. The molecule has 1 rings (SSSR count). The summed E-state index contributed by atoms with van der Waals surface area (Å²) in [6.45, 7) is 4.65. The van der Waals surface area contributed by atoms with Crippen molar-refractivity contribution in [1.82, 2.24) is 10.2 Å². The van der Waals surface area contributed by atoms with Gasteiger partial charge in [-0.1, -0.05) is 18.8 Å². The Labute approximate surface area is 115 Å². The van der Waals surface area contributed by atoms with Crippen LogP contribution >= 0.6 is 11.8 Å². The molecule has 0 spiro atoms. The van der Waals surface area contributed by atoms with Crippen LogP contribution in [0.25, 0.3) is 0 Å². The van der Waals surface area contributed by atoms with E-state index >= 15 is 0 Å².